The number of nitrogens with two attached hydrogens (primary N) is 1. The van der Waals surface area contributed by atoms with E-state index in [1.54, 1.807) is 7.11 Å². The van der Waals surface area contributed by atoms with Crippen LogP contribution < -0.4 is 10.5 Å². The maximum absolute atomic E-state index is 5.88. The van der Waals surface area contributed by atoms with Crippen LogP contribution in [0.25, 0.3) is 10.8 Å². The maximum Gasteiger partial charge on any atom is 0.126 e. The van der Waals surface area contributed by atoms with Gasteiger partial charge in [0.1, 0.15) is 5.75 Å². The van der Waals surface area contributed by atoms with Crippen LogP contribution in [0.15, 0.2) is 36.4 Å². The third-order valence-corrected chi connectivity index (χ3v) is 3.33. The lowest BCUT2D eigenvalue weighted by atomic mass is 9.81. The molecule has 17 heavy (non-hydrogen) atoms. The first-order valence-corrected chi connectivity index (χ1v) is 5.86. The molecule has 2 N–H and O–H groups in total. The second kappa shape index (κ2) is 4.38. The molecule has 0 saturated carbocycles. The Morgan fingerprint density at radius 3 is 2.35 bits per heavy atom. The summed E-state index contributed by atoms with van der Waals surface area (Å²) in [5.74, 6) is 0.916. The number of methoxy groups -OCH3 is 1. The molecule has 2 rings (SSSR count). The van der Waals surface area contributed by atoms with Crippen LogP contribution in [0.2, 0.25) is 0 Å². The Morgan fingerprint density at radius 1 is 1.12 bits per heavy atom. The van der Waals surface area contributed by atoms with Crippen LogP contribution >= 0.6 is 0 Å². The molecule has 2 aromatic rings. The lowest BCUT2D eigenvalue weighted by molar-refractivity contribution is 0.418. The van der Waals surface area contributed by atoms with Gasteiger partial charge in [0.25, 0.3) is 0 Å². The van der Waals surface area contributed by atoms with E-state index in [0.29, 0.717) is 6.54 Å². The number of benzene rings is 2. The molecule has 0 amide bonds. The molecule has 0 unspecified atom stereocenters. The van der Waals surface area contributed by atoms with Crippen molar-refractivity contribution in [3.05, 3.63) is 42.0 Å². The van der Waals surface area contributed by atoms with Gasteiger partial charge in [0.05, 0.1) is 7.11 Å². The molecule has 2 aromatic carbocycles. The zero-order valence-corrected chi connectivity index (χ0v) is 10.7. The number of rotatable bonds is 3. The smallest absolute Gasteiger partial charge is 0.126 e. The lowest BCUT2D eigenvalue weighted by Crippen LogP contribution is -2.28. The first-order chi connectivity index (χ1) is 8.10. The van der Waals surface area contributed by atoms with Crippen molar-refractivity contribution in [1.82, 2.24) is 0 Å². The van der Waals surface area contributed by atoms with Gasteiger partial charge in [0.15, 0.2) is 0 Å². The topological polar surface area (TPSA) is 35.2 Å². The fraction of sp³-hybridized carbons (Fsp3) is 0.333. The van der Waals surface area contributed by atoms with E-state index in [0.717, 1.165) is 5.75 Å². The molecular weight excluding hydrogens is 210 g/mol. The standard InChI is InChI=1S/C15H19NO/c1-15(2,10-16)12-8-4-6-11-7-5-9-13(17-3)14(11)12/h4-9H,10,16H2,1-3H3. The van der Waals surface area contributed by atoms with Gasteiger partial charge in [-0.1, -0.05) is 44.2 Å². The molecular formula is C15H19NO. The highest BCUT2D eigenvalue weighted by molar-refractivity contribution is 5.92. The average molecular weight is 229 g/mol. The molecule has 0 saturated heterocycles. The van der Waals surface area contributed by atoms with E-state index in [1.165, 1.54) is 16.3 Å². The third-order valence-electron chi connectivity index (χ3n) is 3.33. The van der Waals surface area contributed by atoms with E-state index in [-0.39, 0.29) is 5.41 Å². The summed E-state index contributed by atoms with van der Waals surface area (Å²) in [6.07, 6.45) is 0. The monoisotopic (exact) mass is 229 g/mol. The minimum absolute atomic E-state index is 0.0475. The second-order valence-electron chi connectivity index (χ2n) is 4.95. The number of fused-ring (bicyclic) bond motifs is 1. The minimum Gasteiger partial charge on any atom is -0.496 e. The molecule has 0 atom stereocenters. The zero-order valence-electron chi connectivity index (χ0n) is 10.7. The summed E-state index contributed by atoms with van der Waals surface area (Å²) in [6, 6.07) is 12.4. The van der Waals surface area contributed by atoms with Crippen LogP contribution in [0.1, 0.15) is 19.4 Å². The molecule has 0 aliphatic rings. The average Bonchev–Trinajstić information content (AvgIpc) is 2.37. The van der Waals surface area contributed by atoms with Gasteiger partial charge in [-0.25, -0.2) is 0 Å². The van der Waals surface area contributed by atoms with Crippen molar-refractivity contribution in [3.63, 3.8) is 0 Å². The first kappa shape index (κ1) is 11.9. The SMILES string of the molecule is COc1cccc2cccc(C(C)(C)CN)c12. The molecule has 2 nitrogen and oxygen atoms in total. The third kappa shape index (κ3) is 2.01. The molecule has 0 radical (unpaired) electrons. The highest BCUT2D eigenvalue weighted by Gasteiger charge is 2.22. The molecule has 0 spiro atoms. The lowest BCUT2D eigenvalue weighted by Gasteiger charge is -2.25. The molecule has 0 aromatic heterocycles. The van der Waals surface area contributed by atoms with Gasteiger partial charge in [0.2, 0.25) is 0 Å². The van der Waals surface area contributed by atoms with Crippen LogP contribution in [0.5, 0.6) is 5.75 Å². The van der Waals surface area contributed by atoms with Gasteiger partial charge in [0, 0.05) is 17.3 Å². The summed E-state index contributed by atoms with van der Waals surface area (Å²) < 4.78 is 5.47. The van der Waals surface area contributed by atoms with Gasteiger partial charge in [-0.15, -0.1) is 0 Å². The van der Waals surface area contributed by atoms with E-state index < -0.39 is 0 Å². The van der Waals surface area contributed by atoms with Gasteiger partial charge >= 0.3 is 0 Å². The summed E-state index contributed by atoms with van der Waals surface area (Å²) in [6.45, 7) is 4.94. The highest BCUT2D eigenvalue weighted by Crippen LogP contribution is 2.35. The minimum atomic E-state index is -0.0475. The molecule has 0 heterocycles. The van der Waals surface area contributed by atoms with Crippen molar-refractivity contribution in [2.45, 2.75) is 19.3 Å². The molecule has 2 heteroatoms. The normalized spacial score (nSPS) is 11.8. The zero-order chi connectivity index (χ0) is 12.5. The summed E-state index contributed by atoms with van der Waals surface area (Å²) in [7, 11) is 1.71. The Morgan fingerprint density at radius 2 is 1.76 bits per heavy atom. The molecule has 90 valence electrons. The molecule has 0 fully saturated rings. The van der Waals surface area contributed by atoms with E-state index in [4.69, 9.17) is 10.5 Å². The Hall–Kier alpha value is -1.54. The van der Waals surface area contributed by atoms with E-state index in [9.17, 15) is 0 Å². The van der Waals surface area contributed by atoms with Crippen molar-refractivity contribution in [2.75, 3.05) is 13.7 Å². The quantitative estimate of drug-likeness (QED) is 0.877. The Labute approximate surface area is 102 Å². The van der Waals surface area contributed by atoms with Crippen LogP contribution in [-0.4, -0.2) is 13.7 Å². The highest BCUT2D eigenvalue weighted by atomic mass is 16.5. The maximum atomic E-state index is 5.88. The van der Waals surface area contributed by atoms with Gasteiger partial charge in [-0.05, 0) is 17.0 Å². The Balaban J connectivity index is 2.80. The fourth-order valence-corrected chi connectivity index (χ4v) is 2.15. The summed E-state index contributed by atoms with van der Waals surface area (Å²) in [5, 5.41) is 2.37. The van der Waals surface area contributed by atoms with Crippen LogP contribution in [0, 0.1) is 0 Å². The predicted octanol–water partition coefficient (Wildman–Crippen LogP) is 3.08. The number of hydrogen-bond donors (Lipinski definition) is 1. The van der Waals surface area contributed by atoms with Crippen molar-refractivity contribution < 1.29 is 4.74 Å². The first-order valence-electron chi connectivity index (χ1n) is 5.86. The Kier molecular flexibility index (Phi) is 3.07. The summed E-state index contributed by atoms with van der Waals surface area (Å²) >= 11 is 0. The van der Waals surface area contributed by atoms with Crippen molar-refractivity contribution in [3.8, 4) is 5.75 Å². The second-order valence-corrected chi connectivity index (χ2v) is 4.95. The van der Waals surface area contributed by atoms with Gasteiger partial charge < -0.3 is 10.5 Å². The number of ether oxygens (including phenoxy) is 1. The van der Waals surface area contributed by atoms with E-state index >= 15 is 0 Å². The van der Waals surface area contributed by atoms with Crippen molar-refractivity contribution >= 4 is 10.8 Å². The largest absolute Gasteiger partial charge is 0.496 e. The van der Waals surface area contributed by atoms with Crippen molar-refractivity contribution in [2.24, 2.45) is 5.73 Å². The molecule has 0 aliphatic heterocycles. The van der Waals surface area contributed by atoms with Crippen LogP contribution in [0.4, 0.5) is 0 Å². The van der Waals surface area contributed by atoms with Gasteiger partial charge in [-0.3, -0.25) is 0 Å². The van der Waals surface area contributed by atoms with E-state index in [2.05, 4.69) is 38.1 Å². The Bertz CT molecular complexity index is 526. The summed E-state index contributed by atoms with van der Waals surface area (Å²) in [4.78, 5) is 0. The van der Waals surface area contributed by atoms with Crippen LogP contribution in [0.3, 0.4) is 0 Å². The van der Waals surface area contributed by atoms with Crippen molar-refractivity contribution in [1.29, 1.82) is 0 Å². The van der Waals surface area contributed by atoms with Crippen LogP contribution in [-0.2, 0) is 5.41 Å². The van der Waals surface area contributed by atoms with E-state index in [1.807, 2.05) is 12.1 Å². The predicted molar refractivity (Wildman–Crippen MR) is 72.6 cm³/mol. The molecule has 0 bridgehead atoms. The number of hydrogen-bond acceptors (Lipinski definition) is 2. The van der Waals surface area contributed by atoms with Gasteiger partial charge in [-0.2, -0.15) is 0 Å². The molecule has 0 aliphatic carbocycles. The summed E-state index contributed by atoms with van der Waals surface area (Å²) in [5.41, 5.74) is 7.08. The fourth-order valence-electron chi connectivity index (χ4n) is 2.15.